The van der Waals surface area contributed by atoms with Crippen molar-refractivity contribution < 1.29 is 9.59 Å². The van der Waals surface area contributed by atoms with E-state index in [1.54, 1.807) is 0 Å². The SMILES string of the molecule is O=C(CSc1ccc(NC(=O)C2CC2)cc1)c1ccc2c(c1)Cc1ccccc1-2. The zero-order chi connectivity index (χ0) is 19.8. The Labute approximate surface area is 174 Å². The zero-order valence-corrected chi connectivity index (χ0v) is 16.8. The van der Waals surface area contributed by atoms with E-state index >= 15 is 0 Å². The standard InChI is InChI=1S/C25H21NO2S/c27-24(15-29-21-10-8-20(9-11-21)26-25(28)16-5-6-16)18-7-12-23-19(14-18)13-17-3-1-2-4-22(17)23/h1-4,7-12,14,16H,5-6,13,15H2,(H,26,28). The molecule has 0 unspecified atom stereocenters. The molecule has 0 heterocycles. The minimum Gasteiger partial charge on any atom is -0.326 e. The van der Waals surface area contributed by atoms with Crippen LogP contribution in [0, 0.1) is 5.92 Å². The van der Waals surface area contributed by atoms with Crippen molar-refractivity contribution in [3.63, 3.8) is 0 Å². The summed E-state index contributed by atoms with van der Waals surface area (Å²) in [6.45, 7) is 0. The smallest absolute Gasteiger partial charge is 0.227 e. The average molecular weight is 400 g/mol. The van der Waals surface area contributed by atoms with E-state index in [9.17, 15) is 9.59 Å². The molecule has 0 aliphatic heterocycles. The van der Waals surface area contributed by atoms with Crippen LogP contribution in [-0.4, -0.2) is 17.4 Å². The van der Waals surface area contributed by atoms with Crippen LogP contribution >= 0.6 is 11.8 Å². The molecule has 2 aliphatic rings. The maximum Gasteiger partial charge on any atom is 0.227 e. The Kier molecular flexibility index (Phi) is 4.72. The lowest BCUT2D eigenvalue weighted by atomic mass is 10.0. The van der Waals surface area contributed by atoms with Crippen LogP contribution in [0.3, 0.4) is 0 Å². The summed E-state index contributed by atoms with van der Waals surface area (Å²) < 4.78 is 0. The average Bonchev–Trinajstić information content (AvgIpc) is 3.53. The van der Waals surface area contributed by atoms with Crippen LogP contribution in [-0.2, 0) is 11.2 Å². The first-order valence-electron chi connectivity index (χ1n) is 9.95. The molecule has 0 radical (unpaired) electrons. The van der Waals surface area contributed by atoms with Gasteiger partial charge in [-0.25, -0.2) is 0 Å². The second kappa shape index (κ2) is 7.53. The van der Waals surface area contributed by atoms with Gasteiger partial charge in [-0.05, 0) is 71.8 Å². The molecule has 0 saturated heterocycles. The topological polar surface area (TPSA) is 46.2 Å². The van der Waals surface area contributed by atoms with Crippen LogP contribution in [0.1, 0.15) is 34.3 Å². The Bertz CT molecular complexity index is 1100. The van der Waals surface area contributed by atoms with Crippen LogP contribution in [0.5, 0.6) is 0 Å². The molecule has 4 heteroatoms. The molecule has 3 aromatic rings. The summed E-state index contributed by atoms with van der Waals surface area (Å²) in [5.41, 5.74) is 6.68. The van der Waals surface area contributed by atoms with E-state index in [2.05, 4.69) is 41.7 Å². The molecule has 0 bridgehead atoms. The number of hydrogen-bond donors (Lipinski definition) is 1. The van der Waals surface area contributed by atoms with Crippen molar-refractivity contribution in [2.75, 3.05) is 11.1 Å². The van der Waals surface area contributed by atoms with Crippen LogP contribution in [0.25, 0.3) is 11.1 Å². The Hall–Kier alpha value is -2.85. The number of nitrogens with one attached hydrogen (secondary N) is 1. The van der Waals surface area contributed by atoms with Crippen LogP contribution in [0.2, 0.25) is 0 Å². The number of benzene rings is 3. The van der Waals surface area contributed by atoms with E-state index in [0.29, 0.717) is 5.75 Å². The van der Waals surface area contributed by atoms with E-state index in [4.69, 9.17) is 0 Å². The van der Waals surface area contributed by atoms with Crippen molar-refractivity contribution in [1.82, 2.24) is 0 Å². The van der Waals surface area contributed by atoms with Gasteiger partial charge in [0.05, 0.1) is 5.75 Å². The number of fused-ring (bicyclic) bond motifs is 3. The van der Waals surface area contributed by atoms with Crippen molar-refractivity contribution in [3.05, 3.63) is 83.4 Å². The molecule has 1 saturated carbocycles. The van der Waals surface area contributed by atoms with E-state index in [1.165, 1.54) is 34.0 Å². The number of amides is 1. The summed E-state index contributed by atoms with van der Waals surface area (Å²) in [5, 5.41) is 2.94. The van der Waals surface area contributed by atoms with Gasteiger partial charge in [0.2, 0.25) is 5.91 Å². The van der Waals surface area contributed by atoms with Gasteiger partial charge in [0.1, 0.15) is 0 Å². The summed E-state index contributed by atoms with van der Waals surface area (Å²) in [7, 11) is 0. The fourth-order valence-corrected chi connectivity index (χ4v) is 4.57. The lowest BCUT2D eigenvalue weighted by Gasteiger charge is -2.07. The Morgan fingerprint density at radius 3 is 2.45 bits per heavy atom. The summed E-state index contributed by atoms with van der Waals surface area (Å²) in [6.07, 6.45) is 2.89. The third-order valence-electron chi connectivity index (χ3n) is 5.56. The fourth-order valence-electron chi connectivity index (χ4n) is 3.78. The second-order valence-corrected chi connectivity index (χ2v) is 8.75. The quantitative estimate of drug-likeness (QED) is 0.340. The van der Waals surface area contributed by atoms with Gasteiger partial charge in [-0.3, -0.25) is 9.59 Å². The predicted octanol–water partition coefficient (Wildman–Crippen LogP) is 5.58. The number of anilines is 1. The van der Waals surface area contributed by atoms with Crippen molar-refractivity contribution in [3.8, 4) is 11.1 Å². The minimum atomic E-state index is 0.111. The highest BCUT2D eigenvalue weighted by Crippen LogP contribution is 2.37. The molecule has 3 aromatic carbocycles. The molecular formula is C25H21NO2S. The van der Waals surface area contributed by atoms with E-state index in [0.717, 1.165) is 35.4 Å². The molecule has 2 aliphatic carbocycles. The normalized spacial score (nSPS) is 14.2. The predicted molar refractivity (Wildman–Crippen MR) is 118 cm³/mol. The van der Waals surface area contributed by atoms with Crippen molar-refractivity contribution >= 4 is 29.1 Å². The summed E-state index contributed by atoms with van der Waals surface area (Å²) in [6, 6.07) is 22.2. The molecular weight excluding hydrogens is 378 g/mol. The van der Waals surface area contributed by atoms with Gasteiger partial charge in [0.15, 0.2) is 5.78 Å². The Morgan fingerprint density at radius 2 is 1.66 bits per heavy atom. The number of thioether (sulfide) groups is 1. The maximum absolute atomic E-state index is 12.7. The largest absolute Gasteiger partial charge is 0.326 e. The molecule has 0 spiro atoms. The van der Waals surface area contributed by atoms with Crippen LogP contribution in [0.15, 0.2) is 71.6 Å². The fraction of sp³-hybridized carbons (Fsp3) is 0.200. The highest BCUT2D eigenvalue weighted by molar-refractivity contribution is 8.00. The number of rotatable bonds is 6. The van der Waals surface area contributed by atoms with Crippen LogP contribution in [0.4, 0.5) is 5.69 Å². The first-order chi connectivity index (χ1) is 14.2. The molecule has 1 fully saturated rings. The molecule has 0 aromatic heterocycles. The van der Waals surface area contributed by atoms with E-state index in [1.807, 2.05) is 30.3 Å². The minimum absolute atomic E-state index is 0.111. The van der Waals surface area contributed by atoms with Crippen molar-refractivity contribution in [1.29, 1.82) is 0 Å². The van der Waals surface area contributed by atoms with Gasteiger partial charge in [-0.1, -0.05) is 36.4 Å². The lowest BCUT2D eigenvalue weighted by molar-refractivity contribution is -0.117. The van der Waals surface area contributed by atoms with Crippen molar-refractivity contribution in [2.45, 2.75) is 24.2 Å². The highest BCUT2D eigenvalue weighted by atomic mass is 32.2. The van der Waals surface area contributed by atoms with Gasteiger partial charge in [0, 0.05) is 22.1 Å². The first kappa shape index (κ1) is 18.2. The number of carbonyl (C=O) groups excluding carboxylic acids is 2. The van der Waals surface area contributed by atoms with Gasteiger partial charge in [-0.15, -0.1) is 11.8 Å². The molecule has 1 amide bonds. The van der Waals surface area contributed by atoms with E-state index in [-0.39, 0.29) is 17.6 Å². The molecule has 29 heavy (non-hydrogen) atoms. The molecule has 144 valence electrons. The molecule has 5 rings (SSSR count). The third kappa shape index (κ3) is 3.85. The zero-order valence-electron chi connectivity index (χ0n) is 16.0. The Morgan fingerprint density at radius 1 is 0.897 bits per heavy atom. The number of carbonyl (C=O) groups is 2. The van der Waals surface area contributed by atoms with Crippen molar-refractivity contribution in [2.24, 2.45) is 5.92 Å². The van der Waals surface area contributed by atoms with E-state index < -0.39 is 0 Å². The second-order valence-electron chi connectivity index (χ2n) is 7.71. The number of Topliss-reactive ketones (excluding diaryl/α,β-unsaturated/α-hetero) is 1. The third-order valence-corrected chi connectivity index (χ3v) is 6.57. The molecule has 0 atom stereocenters. The van der Waals surface area contributed by atoms with Gasteiger partial charge in [-0.2, -0.15) is 0 Å². The molecule has 1 N–H and O–H groups in total. The summed E-state index contributed by atoms with van der Waals surface area (Å²) >= 11 is 1.53. The number of ketones is 1. The van der Waals surface area contributed by atoms with Gasteiger partial charge >= 0.3 is 0 Å². The van der Waals surface area contributed by atoms with Gasteiger partial charge < -0.3 is 5.32 Å². The first-order valence-corrected chi connectivity index (χ1v) is 10.9. The summed E-state index contributed by atoms with van der Waals surface area (Å²) in [5.74, 6) is 0.848. The van der Waals surface area contributed by atoms with Gasteiger partial charge in [0.25, 0.3) is 0 Å². The summed E-state index contributed by atoms with van der Waals surface area (Å²) in [4.78, 5) is 25.6. The highest BCUT2D eigenvalue weighted by Gasteiger charge is 2.29. The van der Waals surface area contributed by atoms with Crippen LogP contribution < -0.4 is 5.32 Å². The monoisotopic (exact) mass is 399 g/mol. The lowest BCUT2D eigenvalue weighted by Crippen LogP contribution is -2.12. The Balaban J connectivity index is 1.21. The maximum atomic E-state index is 12.7. The molecule has 3 nitrogen and oxygen atoms in total. The number of hydrogen-bond acceptors (Lipinski definition) is 3.